The number of hydrogen-bond donors (Lipinski definition) is 0. The Morgan fingerprint density at radius 1 is 1.67 bits per heavy atom. The van der Waals surface area contributed by atoms with Crippen molar-refractivity contribution in [2.24, 2.45) is 5.41 Å². The van der Waals surface area contributed by atoms with Gasteiger partial charge in [-0.05, 0) is 18.3 Å². The summed E-state index contributed by atoms with van der Waals surface area (Å²) in [5, 5.41) is 1.36. The second kappa shape index (κ2) is 2.56. The molecule has 0 radical (unpaired) electrons. The van der Waals surface area contributed by atoms with E-state index in [4.69, 9.17) is 0 Å². The summed E-state index contributed by atoms with van der Waals surface area (Å²) in [6.07, 6.45) is 4.49. The van der Waals surface area contributed by atoms with Gasteiger partial charge in [0.2, 0.25) is 0 Å². The Bertz CT molecular complexity index is 288. The second-order valence-corrected chi connectivity index (χ2v) is 5.41. The molecule has 0 bridgehead atoms. The van der Waals surface area contributed by atoms with Gasteiger partial charge in [-0.1, -0.05) is 20.8 Å². The fraction of sp³-hybridized carbons (Fsp3) is 0.700. The highest BCUT2D eigenvalue weighted by atomic mass is 32.1. The molecule has 0 saturated heterocycles. The standard InChI is InChI=1S/C10H15NS/c1-4-7-6-11-9(12-7)8-5-10(8,2)3/h6,8H,4-5H2,1-3H3. The maximum Gasteiger partial charge on any atom is 0.0964 e. The highest BCUT2D eigenvalue weighted by Gasteiger charge is 2.48. The number of thiazole rings is 1. The van der Waals surface area contributed by atoms with E-state index in [2.05, 4.69) is 25.8 Å². The van der Waals surface area contributed by atoms with Crippen LogP contribution in [0.15, 0.2) is 6.20 Å². The Morgan fingerprint density at radius 3 is 2.75 bits per heavy atom. The van der Waals surface area contributed by atoms with Crippen molar-refractivity contribution in [3.8, 4) is 0 Å². The topological polar surface area (TPSA) is 12.9 Å². The lowest BCUT2D eigenvalue weighted by Crippen LogP contribution is -1.87. The van der Waals surface area contributed by atoms with E-state index in [1.54, 1.807) is 0 Å². The molecule has 1 aliphatic carbocycles. The molecule has 1 aromatic heterocycles. The van der Waals surface area contributed by atoms with Gasteiger partial charge < -0.3 is 0 Å². The van der Waals surface area contributed by atoms with Crippen LogP contribution in [0.4, 0.5) is 0 Å². The summed E-state index contributed by atoms with van der Waals surface area (Å²) in [5.41, 5.74) is 0.531. The van der Waals surface area contributed by atoms with E-state index >= 15 is 0 Å². The molecule has 1 heterocycles. The number of hydrogen-bond acceptors (Lipinski definition) is 2. The van der Waals surface area contributed by atoms with E-state index in [-0.39, 0.29) is 0 Å². The normalized spacial score (nSPS) is 25.8. The highest BCUT2D eigenvalue weighted by Crippen LogP contribution is 2.59. The SMILES string of the molecule is CCc1cnc(C2CC2(C)C)s1. The van der Waals surface area contributed by atoms with E-state index in [9.17, 15) is 0 Å². The molecule has 0 N–H and O–H groups in total. The van der Waals surface area contributed by atoms with Crippen molar-refractivity contribution in [2.75, 3.05) is 0 Å². The molecule has 0 spiro atoms. The molecule has 1 fully saturated rings. The molecule has 12 heavy (non-hydrogen) atoms. The Balaban J connectivity index is 2.15. The van der Waals surface area contributed by atoms with Gasteiger partial charge in [-0.2, -0.15) is 0 Å². The van der Waals surface area contributed by atoms with Crippen LogP contribution < -0.4 is 0 Å². The van der Waals surface area contributed by atoms with Gasteiger partial charge in [0.05, 0.1) is 5.01 Å². The van der Waals surface area contributed by atoms with Crippen LogP contribution in [-0.4, -0.2) is 4.98 Å². The fourth-order valence-electron chi connectivity index (χ4n) is 1.54. The van der Waals surface area contributed by atoms with Crippen LogP contribution in [-0.2, 0) is 6.42 Å². The molecule has 1 aliphatic rings. The number of nitrogens with zero attached hydrogens (tertiary/aromatic N) is 1. The Kier molecular flexibility index (Phi) is 1.76. The van der Waals surface area contributed by atoms with Gasteiger partial charge >= 0.3 is 0 Å². The first kappa shape index (κ1) is 8.24. The minimum atomic E-state index is 0.531. The molecule has 2 rings (SSSR count). The van der Waals surface area contributed by atoms with Crippen LogP contribution in [0.2, 0.25) is 0 Å². The lowest BCUT2D eigenvalue weighted by Gasteiger charge is -1.97. The largest absolute Gasteiger partial charge is 0.249 e. The van der Waals surface area contributed by atoms with Crippen molar-refractivity contribution in [1.29, 1.82) is 0 Å². The summed E-state index contributed by atoms with van der Waals surface area (Å²) < 4.78 is 0. The van der Waals surface area contributed by atoms with E-state index in [0.717, 1.165) is 12.3 Å². The third-order valence-electron chi connectivity index (χ3n) is 2.73. The van der Waals surface area contributed by atoms with Crippen molar-refractivity contribution < 1.29 is 0 Å². The smallest absolute Gasteiger partial charge is 0.0964 e. The average molecular weight is 181 g/mol. The van der Waals surface area contributed by atoms with E-state index in [1.807, 2.05) is 17.5 Å². The van der Waals surface area contributed by atoms with Crippen LogP contribution in [0.3, 0.4) is 0 Å². The first-order valence-electron chi connectivity index (χ1n) is 4.58. The zero-order valence-electron chi connectivity index (χ0n) is 7.92. The van der Waals surface area contributed by atoms with Crippen molar-refractivity contribution in [3.05, 3.63) is 16.1 Å². The zero-order chi connectivity index (χ0) is 8.77. The Labute approximate surface area is 77.8 Å². The van der Waals surface area contributed by atoms with Gasteiger partial charge in [0, 0.05) is 17.0 Å². The summed E-state index contributed by atoms with van der Waals surface area (Å²) in [7, 11) is 0. The maximum atomic E-state index is 4.46. The van der Waals surface area contributed by atoms with Gasteiger partial charge in [-0.25, -0.2) is 4.98 Å². The summed E-state index contributed by atoms with van der Waals surface area (Å²) in [4.78, 5) is 5.89. The minimum Gasteiger partial charge on any atom is -0.249 e. The maximum absolute atomic E-state index is 4.46. The first-order valence-corrected chi connectivity index (χ1v) is 5.40. The molecule has 66 valence electrons. The van der Waals surface area contributed by atoms with Crippen molar-refractivity contribution in [3.63, 3.8) is 0 Å². The lowest BCUT2D eigenvalue weighted by molar-refractivity contribution is 0.620. The lowest BCUT2D eigenvalue weighted by atomic mass is 10.1. The van der Waals surface area contributed by atoms with Crippen molar-refractivity contribution in [2.45, 2.75) is 39.5 Å². The predicted octanol–water partition coefficient (Wildman–Crippen LogP) is 3.22. The quantitative estimate of drug-likeness (QED) is 0.682. The van der Waals surface area contributed by atoms with E-state index in [1.165, 1.54) is 16.3 Å². The van der Waals surface area contributed by atoms with Gasteiger partial charge in [0.1, 0.15) is 0 Å². The third kappa shape index (κ3) is 1.28. The molecule has 2 heteroatoms. The molecule has 1 aromatic rings. The van der Waals surface area contributed by atoms with Crippen LogP contribution >= 0.6 is 11.3 Å². The predicted molar refractivity (Wildman–Crippen MR) is 52.6 cm³/mol. The van der Waals surface area contributed by atoms with Crippen LogP contribution in [0.25, 0.3) is 0 Å². The van der Waals surface area contributed by atoms with Crippen LogP contribution in [0.5, 0.6) is 0 Å². The van der Waals surface area contributed by atoms with Gasteiger partial charge in [0.25, 0.3) is 0 Å². The summed E-state index contributed by atoms with van der Waals surface area (Å²) in [6, 6.07) is 0. The highest BCUT2D eigenvalue weighted by molar-refractivity contribution is 7.11. The molecular weight excluding hydrogens is 166 g/mol. The molecule has 1 nitrogen and oxygen atoms in total. The van der Waals surface area contributed by atoms with Gasteiger partial charge in [-0.3, -0.25) is 0 Å². The molecule has 0 aliphatic heterocycles. The number of aryl methyl sites for hydroxylation is 1. The van der Waals surface area contributed by atoms with Crippen molar-refractivity contribution in [1.82, 2.24) is 4.98 Å². The summed E-state index contributed by atoms with van der Waals surface area (Å²) in [5.74, 6) is 0.753. The monoisotopic (exact) mass is 181 g/mol. The second-order valence-electron chi connectivity index (χ2n) is 4.26. The third-order valence-corrected chi connectivity index (χ3v) is 3.99. The molecule has 1 saturated carbocycles. The van der Waals surface area contributed by atoms with Crippen LogP contribution in [0, 0.1) is 5.41 Å². The zero-order valence-corrected chi connectivity index (χ0v) is 8.74. The molecule has 1 atom stereocenters. The Hall–Kier alpha value is -0.370. The van der Waals surface area contributed by atoms with Crippen LogP contribution in [0.1, 0.15) is 43.0 Å². The minimum absolute atomic E-state index is 0.531. The average Bonchev–Trinajstić information content (AvgIpc) is 2.52. The molecular formula is C10H15NS. The van der Waals surface area contributed by atoms with E-state index in [0.29, 0.717) is 5.41 Å². The molecule has 1 unspecified atom stereocenters. The first-order chi connectivity index (χ1) is 5.63. The summed E-state index contributed by atoms with van der Waals surface area (Å²) >= 11 is 1.89. The Morgan fingerprint density at radius 2 is 2.33 bits per heavy atom. The van der Waals surface area contributed by atoms with E-state index < -0.39 is 0 Å². The van der Waals surface area contributed by atoms with Gasteiger partial charge in [-0.15, -0.1) is 11.3 Å². The number of aromatic nitrogens is 1. The van der Waals surface area contributed by atoms with Gasteiger partial charge in [0.15, 0.2) is 0 Å². The summed E-state index contributed by atoms with van der Waals surface area (Å²) in [6.45, 7) is 6.84. The van der Waals surface area contributed by atoms with Crippen molar-refractivity contribution >= 4 is 11.3 Å². The number of rotatable bonds is 2. The fourth-order valence-corrected chi connectivity index (χ4v) is 2.70. The molecule has 0 amide bonds. The molecule has 0 aromatic carbocycles.